The van der Waals surface area contributed by atoms with Crippen LogP contribution in [0.3, 0.4) is 0 Å². The van der Waals surface area contributed by atoms with Gasteiger partial charge < -0.3 is 19.6 Å². The fourth-order valence-corrected chi connectivity index (χ4v) is 1.66. The predicted octanol–water partition coefficient (Wildman–Crippen LogP) is 1.92. The molecule has 1 heterocycles. The average Bonchev–Trinajstić information content (AvgIpc) is 2.41. The van der Waals surface area contributed by atoms with E-state index >= 15 is 0 Å². The fourth-order valence-electron chi connectivity index (χ4n) is 1.44. The van der Waals surface area contributed by atoms with E-state index in [4.69, 9.17) is 26.2 Å². The molecular formula is C12H9ClN2O5. The zero-order valence-corrected chi connectivity index (χ0v) is 11.0. The van der Waals surface area contributed by atoms with Crippen LogP contribution in [-0.2, 0) is 0 Å². The van der Waals surface area contributed by atoms with E-state index in [1.165, 1.54) is 25.3 Å². The quantitative estimate of drug-likeness (QED) is 0.894. The van der Waals surface area contributed by atoms with Crippen molar-refractivity contribution in [2.75, 3.05) is 7.11 Å². The standard InChI is InChI=1S/C12H9ClN2O5/c1-19-9-10(16)14-5-15-11(9)20-8-3-2-6(12(17)18)4-7(8)13/h2-5H,1H3,(H,17,18)(H,14,15,16). The zero-order valence-electron chi connectivity index (χ0n) is 10.2. The fraction of sp³-hybridized carbons (Fsp3) is 0.0833. The van der Waals surface area contributed by atoms with Crippen LogP contribution < -0.4 is 15.0 Å². The molecule has 0 bridgehead atoms. The Morgan fingerprint density at radius 2 is 2.20 bits per heavy atom. The maximum absolute atomic E-state index is 11.5. The number of halogens is 1. The lowest BCUT2D eigenvalue weighted by Crippen LogP contribution is -2.11. The Labute approximate surface area is 117 Å². The molecule has 7 nitrogen and oxygen atoms in total. The Hall–Kier alpha value is -2.54. The molecule has 2 aromatic rings. The average molecular weight is 297 g/mol. The third kappa shape index (κ3) is 2.72. The normalized spacial score (nSPS) is 10.1. The molecule has 0 saturated heterocycles. The summed E-state index contributed by atoms with van der Waals surface area (Å²) in [6.45, 7) is 0. The molecule has 0 amide bonds. The van der Waals surface area contributed by atoms with Gasteiger partial charge in [-0.25, -0.2) is 9.78 Å². The number of carbonyl (C=O) groups is 1. The number of aromatic carboxylic acids is 1. The van der Waals surface area contributed by atoms with Gasteiger partial charge in [-0.15, -0.1) is 0 Å². The van der Waals surface area contributed by atoms with E-state index in [0.717, 1.165) is 6.33 Å². The molecule has 104 valence electrons. The molecule has 0 fully saturated rings. The molecule has 2 rings (SSSR count). The Morgan fingerprint density at radius 1 is 1.45 bits per heavy atom. The van der Waals surface area contributed by atoms with Crippen LogP contribution in [0.4, 0.5) is 0 Å². The minimum Gasteiger partial charge on any atom is -0.487 e. The minimum absolute atomic E-state index is 0.0215. The summed E-state index contributed by atoms with van der Waals surface area (Å²) in [6, 6.07) is 3.93. The van der Waals surface area contributed by atoms with E-state index in [9.17, 15) is 9.59 Å². The lowest BCUT2D eigenvalue weighted by Gasteiger charge is -2.09. The second-order valence-corrected chi connectivity index (χ2v) is 4.03. The number of aromatic nitrogens is 2. The minimum atomic E-state index is -1.11. The number of nitrogens with zero attached hydrogens (tertiary/aromatic N) is 1. The van der Waals surface area contributed by atoms with Crippen LogP contribution >= 0.6 is 11.6 Å². The van der Waals surface area contributed by atoms with Crippen LogP contribution in [0.15, 0.2) is 29.3 Å². The lowest BCUT2D eigenvalue weighted by atomic mass is 10.2. The molecule has 0 spiro atoms. The summed E-state index contributed by atoms with van der Waals surface area (Å²) in [5, 5.41) is 8.91. The largest absolute Gasteiger partial charge is 0.487 e. The molecule has 0 atom stereocenters. The predicted molar refractivity (Wildman–Crippen MR) is 69.9 cm³/mol. The molecule has 1 aromatic heterocycles. The van der Waals surface area contributed by atoms with Crippen LogP contribution in [0.5, 0.6) is 17.4 Å². The van der Waals surface area contributed by atoms with Gasteiger partial charge in [-0.05, 0) is 18.2 Å². The number of hydrogen-bond donors (Lipinski definition) is 2. The number of carboxylic acids is 1. The van der Waals surface area contributed by atoms with Gasteiger partial charge in [0.1, 0.15) is 5.75 Å². The van der Waals surface area contributed by atoms with Crippen molar-refractivity contribution in [1.29, 1.82) is 0 Å². The summed E-state index contributed by atoms with van der Waals surface area (Å²) < 4.78 is 10.2. The van der Waals surface area contributed by atoms with Crippen LogP contribution in [0.25, 0.3) is 0 Å². The third-order valence-electron chi connectivity index (χ3n) is 2.37. The summed E-state index contributed by atoms with van der Waals surface area (Å²) in [5.41, 5.74) is -0.482. The zero-order chi connectivity index (χ0) is 14.7. The Kier molecular flexibility index (Phi) is 3.90. The smallest absolute Gasteiger partial charge is 0.335 e. The highest BCUT2D eigenvalue weighted by atomic mass is 35.5. The molecule has 0 radical (unpaired) electrons. The number of hydrogen-bond acceptors (Lipinski definition) is 5. The van der Waals surface area contributed by atoms with Crippen LogP contribution in [0, 0.1) is 0 Å². The second kappa shape index (κ2) is 5.62. The summed E-state index contributed by atoms with van der Waals surface area (Å²) in [4.78, 5) is 28.4. The first kappa shape index (κ1) is 13.9. The molecule has 20 heavy (non-hydrogen) atoms. The first-order valence-electron chi connectivity index (χ1n) is 5.35. The van der Waals surface area contributed by atoms with Gasteiger partial charge in [-0.2, -0.15) is 0 Å². The van der Waals surface area contributed by atoms with Crippen molar-refractivity contribution in [1.82, 2.24) is 9.97 Å². The Balaban J connectivity index is 2.38. The topological polar surface area (TPSA) is 102 Å². The van der Waals surface area contributed by atoms with E-state index in [1.807, 2.05) is 0 Å². The first-order valence-corrected chi connectivity index (χ1v) is 5.73. The van der Waals surface area contributed by atoms with Gasteiger partial charge in [0.15, 0.2) is 0 Å². The van der Waals surface area contributed by atoms with Crippen molar-refractivity contribution < 1.29 is 19.4 Å². The van der Waals surface area contributed by atoms with Crippen molar-refractivity contribution in [3.05, 3.63) is 45.5 Å². The van der Waals surface area contributed by atoms with Crippen molar-refractivity contribution in [3.63, 3.8) is 0 Å². The highest BCUT2D eigenvalue weighted by Gasteiger charge is 2.14. The van der Waals surface area contributed by atoms with E-state index in [2.05, 4.69) is 9.97 Å². The van der Waals surface area contributed by atoms with Gasteiger partial charge in [0, 0.05) is 0 Å². The Bertz CT molecular complexity index is 713. The highest BCUT2D eigenvalue weighted by molar-refractivity contribution is 6.32. The second-order valence-electron chi connectivity index (χ2n) is 3.62. The molecule has 0 aliphatic rings. The maximum atomic E-state index is 11.5. The summed E-state index contributed by atoms with van der Waals surface area (Å²) in [6.07, 6.45) is 1.15. The van der Waals surface area contributed by atoms with Gasteiger partial charge in [-0.1, -0.05) is 11.6 Å². The highest BCUT2D eigenvalue weighted by Crippen LogP contribution is 2.31. The number of rotatable bonds is 4. The number of ether oxygens (including phenoxy) is 2. The SMILES string of the molecule is COc1c(Oc2ccc(C(=O)O)cc2Cl)nc[nH]c1=O. The molecule has 8 heteroatoms. The summed E-state index contributed by atoms with van der Waals surface area (Å²) in [5.74, 6) is -1.12. The van der Waals surface area contributed by atoms with E-state index < -0.39 is 11.5 Å². The molecule has 1 aromatic carbocycles. The van der Waals surface area contributed by atoms with E-state index in [-0.39, 0.29) is 28.0 Å². The number of carboxylic acid groups (broad SMARTS) is 1. The number of methoxy groups -OCH3 is 1. The number of nitrogens with one attached hydrogen (secondary N) is 1. The molecule has 0 aliphatic carbocycles. The number of H-pyrrole nitrogens is 1. The van der Waals surface area contributed by atoms with Crippen LogP contribution in [0.2, 0.25) is 5.02 Å². The van der Waals surface area contributed by atoms with Crippen molar-refractivity contribution >= 4 is 17.6 Å². The number of aromatic amines is 1. The monoisotopic (exact) mass is 296 g/mol. The molecule has 0 saturated carbocycles. The van der Waals surface area contributed by atoms with Gasteiger partial charge in [0.05, 0.1) is 24.0 Å². The maximum Gasteiger partial charge on any atom is 0.335 e. The molecule has 2 N–H and O–H groups in total. The van der Waals surface area contributed by atoms with E-state index in [0.29, 0.717) is 0 Å². The van der Waals surface area contributed by atoms with Crippen molar-refractivity contribution in [2.24, 2.45) is 0 Å². The van der Waals surface area contributed by atoms with Gasteiger partial charge in [0.25, 0.3) is 11.4 Å². The van der Waals surface area contributed by atoms with Gasteiger partial charge in [-0.3, -0.25) is 4.79 Å². The van der Waals surface area contributed by atoms with Crippen LogP contribution in [-0.4, -0.2) is 28.2 Å². The summed E-state index contributed by atoms with van der Waals surface area (Å²) >= 11 is 5.92. The molecular weight excluding hydrogens is 288 g/mol. The molecule has 0 unspecified atom stereocenters. The van der Waals surface area contributed by atoms with Gasteiger partial charge >= 0.3 is 5.97 Å². The van der Waals surface area contributed by atoms with Crippen LogP contribution in [0.1, 0.15) is 10.4 Å². The summed E-state index contributed by atoms with van der Waals surface area (Å²) in [7, 11) is 1.30. The number of benzene rings is 1. The van der Waals surface area contributed by atoms with Crippen molar-refractivity contribution in [3.8, 4) is 17.4 Å². The van der Waals surface area contributed by atoms with E-state index in [1.54, 1.807) is 0 Å². The third-order valence-corrected chi connectivity index (χ3v) is 2.66. The molecule has 0 aliphatic heterocycles. The lowest BCUT2D eigenvalue weighted by molar-refractivity contribution is 0.0697. The van der Waals surface area contributed by atoms with Gasteiger partial charge in [0.2, 0.25) is 5.75 Å². The Morgan fingerprint density at radius 3 is 2.80 bits per heavy atom. The first-order chi connectivity index (χ1) is 9.52. The van der Waals surface area contributed by atoms with Crippen molar-refractivity contribution in [2.45, 2.75) is 0 Å².